The molecule has 1 aliphatic carbocycles. The third-order valence-electron chi connectivity index (χ3n) is 6.75. The molecule has 1 aliphatic rings. The van der Waals surface area contributed by atoms with Gasteiger partial charge in [0.25, 0.3) is 0 Å². The zero-order valence-electron chi connectivity index (χ0n) is 19.1. The van der Waals surface area contributed by atoms with E-state index in [2.05, 4.69) is 67.8 Å². The number of aromatic hydroxyl groups is 1. The molecule has 3 N–H and O–H groups in total. The molecule has 0 saturated carbocycles. The summed E-state index contributed by atoms with van der Waals surface area (Å²) in [4.78, 5) is 10.3. The van der Waals surface area contributed by atoms with Crippen LogP contribution in [0, 0.1) is 11.7 Å². The Balaban J connectivity index is 1.85. The van der Waals surface area contributed by atoms with E-state index >= 15 is 0 Å². The Morgan fingerprint density at radius 1 is 1.03 bits per heavy atom. The first-order chi connectivity index (χ1) is 14.5. The first-order valence-corrected chi connectivity index (χ1v) is 11.1. The smallest absolute Gasteiger partial charge is 0.221 e. The Morgan fingerprint density at radius 2 is 1.68 bits per heavy atom. The maximum absolute atomic E-state index is 10.1. The van der Waals surface area contributed by atoms with Crippen molar-refractivity contribution in [1.82, 2.24) is 15.0 Å². The molecular weight excluding hydrogens is 406 g/mol. The number of H-pyrrole nitrogens is 2. The second-order valence-electron chi connectivity index (χ2n) is 9.96. The van der Waals surface area contributed by atoms with Gasteiger partial charge in [-0.1, -0.05) is 33.8 Å². The number of nitrogens with zero attached hydrogens (tertiary/aromatic N) is 1. The summed E-state index contributed by atoms with van der Waals surface area (Å²) < 4.78 is 6.04. The van der Waals surface area contributed by atoms with E-state index in [4.69, 9.17) is 17.0 Å². The van der Waals surface area contributed by atoms with Crippen LogP contribution in [0.5, 0.6) is 11.8 Å². The number of ether oxygens (including phenoxy) is 1. The van der Waals surface area contributed by atoms with Gasteiger partial charge in [0.2, 0.25) is 11.8 Å². The van der Waals surface area contributed by atoms with Crippen molar-refractivity contribution in [3.8, 4) is 22.9 Å². The summed E-state index contributed by atoms with van der Waals surface area (Å²) in [5.41, 5.74) is 8.07. The lowest BCUT2D eigenvalue weighted by molar-refractivity contribution is 0.332. The average Bonchev–Trinajstić information content (AvgIpc) is 3.02. The Hall–Kier alpha value is -2.60. The van der Waals surface area contributed by atoms with E-state index in [1.165, 1.54) is 23.1 Å². The third-order valence-corrected chi connectivity index (χ3v) is 6.96. The van der Waals surface area contributed by atoms with Gasteiger partial charge in [0, 0.05) is 18.2 Å². The summed E-state index contributed by atoms with van der Waals surface area (Å²) in [5.74, 6) is 0.669. The fraction of sp³-hybridized carbons (Fsp3) is 0.440. The predicted octanol–water partition coefficient (Wildman–Crippen LogP) is 6.10. The molecular formula is C25H31N3O2S. The molecule has 6 heteroatoms. The van der Waals surface area contributed by atoms with Gasteiger partial charge in [0.15, 0.2) is 4.77 Å². The quantitative estimate of drug-likeness (QED) is 0.431. The Kier molecular flexibility index (Phi) is 5.24. The zero-order valence-corrected chi connectivity index (χ0v) is 20.0. The van der Waals surface area contributed by atoms with E-state index < -0.39 is 0 Å². The first-order valence-electron chi connectivity index (χ1n) is 10.7. The highest BCUT2D eigenvalue weighted by atomic mass is 32.1. The minimum Gasteiger partial charge on any atom is -0.493 e. The summed E-state index contributed by atoms with van der Waals surface area (Å²) in [6.07, 6.45) is 4.63. The zero-order chi connectivity index (χ0) is 22.6. The molecule has 2 aromatic heterocycles. The van der Waals surface area contributed by atoms with Crippen molar-refractivity contribution in [2.45, 2.75) is 64.7 Å². The third kappa shape index (κ3) is 3.89. The number of rotatable bonds is 4. The lowest BCUT2D eigenvalue weighted by Crippen LogP contribution is -2.34. The van der Waals surface area contributed by atoms with Crippen LogP contribution in [-0.2, 0) is 17.3 Å². The lowest BCUT2D eigenvalue weighted by atomic mass is 9.62. The summed E-state index contributed by atoms with van der Waals surface area (Å²) in [7, 11) is 1.65. The molecule has 0 saturated heterocycles. The van der Waals surface area contributed by atoms with E-state index in [0.717, 1.165) is 23.1 Å². The van der Waals surface area contributed by atoms with Crippen molar-refractivity contribution < 1.29 is 9.84 Å². The van der Waals surface area contributed by atoms with Crippen LogP contribution in [0.15, 0.2) is 24.4 Å². The van der Waals surface area contributed by atoms with E-state index in [9.17, 15) is 5.11 Å². The van der Waals surface area contributed by atoms with Crippen LogP contribution in [0.1, 0.15) is 68.5 Å². The summed E-state index contributed by atoms with van der Waals surface area (Å²) in [6, 6.07) is 6.80. The fourth-order valence-corrected chi connectivity index (χ4v) is 4.92. The number of hydrogen-bond donors (Lipinski definition) is 3. The van der Waals surface area contributed by atoms with Crippen LogP contribution in [0.2, 0.25) is 0 Å². The molecule has 3 aromatic rings. The minimum atomic E-state index is 0.0660. The monoisotopic (exact) mass is 437 g/mol. The van der Waals surface area contributed by atoms with Gasteiger partial charge >= 0.3 is 0 Å². The van der Waals surface area contributed by atoms with Gasteiger partial charge in [0.1, 0.15) is 0 Å². The molecule has 2 heterocycles. The van der Waals surface area contributed by atoms with Crippen LogP contribution >= 0.6 is 12.2 Å². The highest BCUT2D eigenvalue weighted by Gasteiger charge is 2.37. The number of methoxy groups -OCH3 is 1. The van der Waals surface area contributed by atoms with Gasteiger partial charge in [-0.2, -0.15) is 0 Å². The SMILES string of the molecule is COc1ncc(Cc2[nH]c(=S)[nH]c2O)cc1-c1cc2c(cc1C)C(C)(C)CCC2(C)C. The minimum absolute atomic E-state index is 0.0660. The predicted molar refractivity (Wildman–Crippen MR) is 127 cm³/mol. The van der Waals surface area contributed by atoms with E-state index in [1.54, 1.807) is 13.3 Å². The molecule has 0 fully saturated rings. The number of imidazole rings is 1. The number of aromatic nitrogens is 3. The number of aryl methyl sites for hydroxylation is 1. The number of benzene rings is 1. The van der Waals surface area contributed by atoms with Crippen molar-refractivity contribution in [2.24, 2.45) is 0 Å². The van der Waals surface area contributed by atoms with Gasteiger partial charge in [-0.05, 0) is 82.8 Å². The molecule has 1 aromatic carbocycles. The second kappa shape index (κ2) is 7.52. The number of pyridine rings is 1. The molecule has 0 aliphatic heterocycles. The van der Waals surface area contributed by atoms with Crippen molar-refractivity contribution in [3.05, 3.63) is 57.1 Å². The maximum atomic E-state index is 10.1. The highest BCUT2D eigenvalue weighted by molar-refractivity contribution is 7.71. The number of hydrogen-bond acceptors (Lipinski definition) is 4. The van der Waals surface area contributed by atoms with Crippen LogP contribution in [0.3, 0.4) is 0 Å². The molecule has 31 heavy (non-hydrogen) atoms. The maximum Gasteiger partial charge on any atom is 0.221 e. The molecule has 164 valence electrons. The van der Waals surface area contributed by atoms with Crippen LogP contribution in [-0.4, -0.2) is 27.2 Å². The van der Waals surface area contributed by atoms with Crippen LogP contribution in [0.4, 0.5) is 0 Å². The van der Waals surface area contributed by atoms with Gasteiger partial charge in [-0.3, -0.25) is 0 Å². The lowest BCUT2D eigenvalue weighted by Gasteiger charge is -2.42. The Morgan fingerprint density at radius 3 is 2.26 bits per heavy atom. The van der Waals surface area contributed by atoms with Gasteiger partial charge in [-0.25, -0.2) is 4.98 Å². The topological polar surface area (TPSA) is 73.9 Å². The molecule has 0 radical (unpaired) electrons. The van der Waals surface area contributed by atoms with Crippen molar-refractivity contribution >= 4 is 12.2 Å². The number of fused-ring (bicyclic) bond motifs is 1. The molecule has 4 rings (SSSR count). The van der Waals surface area contributed by atoms with Gasteiger partial charge in [0.05, 0.1) is 12.8 Å². The summed E-state index contributed by atoms with van der Waals surface area (Å²) in [6.45, 7) is 11.5. The molecule has 0 amide bonds. The molecule has 5 nitrogen and oxygen atoms in total. The second-order valence-corrected chi connectivity index (χ2v) is 10.4. The van der Waals surface area contributed by atoms with Gasteiger partial charge in [-0.15, -0.1) is 0 Å². The molecule has 0 atom stereocenters. The normalized spacial score (nSPS) is 16.7. The number of nitrogens with one attached hydrogen (secondary N) is 2. The first kappa shape index (κ1) is 21.6. The average molecular weight is 438 g/mol. The molecule has 0 spiro atoms. The standard InChI is InChI=1S/C25H31N3O2S/c1-14-9-18-19(25(4,5)8-7-24(18,2)3)12-16(14)17-10-15(13-26-22(17)30-6)11-20-21(29)28-23(31)27-20/h9-10,12-13,29H,7-8,11H2,1-6H3,(H2,27,28,31). The van der Waals surface area contributed by atoms with E-state index in [0.29, 0.717) is 22.8 Å². The summed E-state index contributed by atoms with van der Waals surface area (Å²) >= 11 is 5.09. The Bertz CT molecular complexity index is 1200. The van der Waals surface area contributed by atoms with Crippen molar-refractivity contribution in [2.75, 3.05) is 7.11 Å². The summed E-state index contributed by atoms with van der Waals surface area (Å²) in [5, 5.41) is 10.1. The van der Waals surface area contributed by atoms with E-state index in [-0.39, 0.29) is 16.7 Å². The molecule has 0 bridgehead atoms. The van der Waals surface area contributed by atoms with Crippen LogP contribution in [0.25, 0.3) is 11.1 Å². The fourth-order valence-electron chi connectivity index (χ4n) is 4.70. The van der Waals surface area contributed by atoms with E-state index in [1.807, 2.05) is 0 Å². The molecule has 0 unspecified atom stereocenters. The van der Waals surface area contributed by atoms with Crippen LogP contribution < -0.4 is 4.74 Å². The van der Waals surface area contributed by atoms with Crippen molar-refractivity contribution in [1.29, 1.82) is 0 Å². The Labute approximate surface area is 188 Å². The van der Waals surface area contributed by atoms with Gasteiger partial charge < -0.3 is 19.8 Å². The largest absolute Gasteiger partial charge is 0.493 e. The number of aromatic amines is 2. The highest BCUT2D eigenvalue weighted by Crippen LogP contribution is 2.48. The van der Waals surface area contributed by atoms with Crippen molar-refractivity contribution in [3.63, 3.8) is 0 Å².